The van der Waals surface area contributed by atoms with Crippen molar-refractivity contribution in [3.8, 4) is 0 Å². The summed E-state index contributed by atoms with van der Waals surface area (Å²) in [5.74, 6) is 0. The van der Waals surface area contributed by atoms with Crippen molar-refractivity contribution in [1.82, 2.24) is 15.1 Å². The smallest absolute Gasteiger partial charge is 0.122 e. The summed E-state index contributed by atoms with van der Waals surface area (Å²) in [7, 11) is 0. The second-order valence-corrected chi connectivity index (χ2v) is 8.02. The third-order valence-corrected chi connectivity index (χ3v) is 6.08. The van der Waals surface area contributed by atoms with Crippen LogP contribution in [-0.2, 0) is 11.3 Å². The monoisotopic (exact) mass is 383 g/mol. The summed E-state index contributed by atoms with van der Waals surface area (Å²) in [5.41, 5.74) is 9.08. The first-order valence-electron chi connectivity index (χ1n) is 9.17. The molecule has 142 valence electrons. The Labute approximate surface area is 163 Å². The Kier molecular flexibility index (Phi) is 5.15. The zero-order chi connectivity index (χ0) is 18.8. The molecule has 0 saturated carbocycles. The van der Waals surface area contributed by atoms with Gasteiger partial charge in [0, 0.05) is 60.0 Å². The minimum Gasteiger partial charge on any atom is -0.404 e. The Bertz CT molecular complexity index is 844. The van der Waals surface area contributed by atoms with Crippen LogP contribution in [0.2, 0.25) is 0 Å². The molecule has 1 unspecified atom stereocenters. The van der Waals surface area contributed by atoms with Gasteiger partial charge >= 0.3 is 0 Å². The molecule has 4 N–H and O–H groups in total. The summed E-state index contributed by atoms with van der Waals surface area (Å²) >= 11 is 1.83. The molecule has 0 radical (unpaired) electrons. The van der Waals surface area contributed by atoms with Gasteiger partial charge in [-0.3, -0.25) is 4.90 Å². The zero-order valence-corrected chi connectivity index (χ0v) is 16.3. The van der Waals surface area contributed by atoms with Gasteiger partial charge in [0.2, 0.25) is 0 Å². The average molecular weight is 384 g/mol. The fraction of sp³-hybridized carbons (Fsp3) is 0.350. The van der Waals surface area contributed by atoms with E-state index in [9.17, 15) is 0 Å². The molecular weight excluding hydrogens is 358 g/mol. The van der Waals surface area contributed by atoms with Gasteiger partial charge in [0.05, 0.1) is 23.8 Å². The molecule has 27 heavy (non-hydrogen) atoms. The van der Waals surface area contributed by atoms with E-state index in [0.29, 0.717) is 5.71 Å². The molecule has 0 bridgehead atoms. The summed E-state index contributed by atoms with van der Waals surface area (Å²) < 4.78 is 5.43. The van der Waals surface area contributed by atoms with Gasteiger partial charge in [0.25, 0.3) is 0 Å². The Morgan fingerprint density at radius 1 is 1.41 bits per heavy atom. The predicted octanol–water partition coefficient (Wildman–Crippen LogP) is 2.45. The van der Waals surface area contributed by atoms with Crippen LogP contribution in [0.25, 0.3) is 5.70 Å². The van der Waals surface area contributed by atoms with E-state index < -0.39 is 0 Å². The van der Waals surface area contributed by atoms with Crippen LogP contribution in [-0.4, -0.2) is 48.0 Å². The average Bonchev–Trinajstić information content (AvgIpc) is 3.29. The standard InChI is InChI=1S/C20H25N5OS/c1-14(22)17(10-21)15-2-5-20-23-11-18(25(20)12-15)19-4-3-16(27-19)13-24-6-8-26-9-7-24/h2-5,10-12,20,22-23H,6-9,13,21H2,1H3/b17-10+,22-14?. The van der Waals surface area contributed by atoms with Gasteiger partial charge < -0.3 is 26.1 Å². The maximum absolute atomic E-state index is 7.93. The van der Waals surface area contributed by atoms with E-state index in [1.54, 1.807) is 6.92 Å². The second kappa shape index (κ2) is 7.72. The van der Waals surface area contributed by atoms with Crippen molar-refractivity contribution in [2.24, 2.45) is 5.73 Å². The lowest BCUT2D eigenvalue weighted by molar-refractivity contribution is 0.0346. The molecule has 1 fully saturated rings. The van der Waals surface area contributed by atoms with Crippen LogP contribution in [0.3, 0.4) is 0 Å². The lowest BCUT2D eigenvalue weighted by Crippen LogP contribution is -2.35. The number of ether oxygens (including phenoxy) is 1. The lowest BCUT2D eigenvalue weighted by atomic mass is 10.0. The number of nitrogens with two attached hydrogens (primary N) is 1. The van der Waals surface area contributed by atoms with Crippen LogP contribution in [0.4, 0.5) is 0 Å². The molecular formula is C20H25N5OS. The van der Waals surface area contributed by atoms with Gasteiger partial charge in [0.15, 0.2) is 0 Å². The predicted molar refractivity (Wildman–Crippen MR) is 110 cm³/mol. The summed E-state index contributed by atoms with van der Waals surface area (Å²) in [6.45, 7) is 6.39. The molecule has 3 aliphatic heterocycles. The van der Waals surface area contributed by atoms with Crippen LogP contribution in [0, 0.1) is 5.41 Å². The number of thiophene rings is 1. The summed E-state index contributed by atoms with van der Waals surface area (Å²) in [6.07, 6.45) is 9.90. The molecule has 0 aromatic carbocycles. The summed E-state index contributed by atoms with van der Waals surface area (Å²) in [5, 5.41) is 11.3. The number of nitrogens with one attached hydrogen (secondary N) is 2. The van der Waals surface area contributed by atoms with Gasteiger partial charge in [-0.15, -0.1) is 11.3 Å². The molecule has 6 nitrogen and oxygen atoms in total. The first-order valence-corrected chi connectivity index (χ1v) is 9.99. The highest BCUT2D eigenvalue weighted by molar-refractivity contribution is 7.13. The molecule has 0 amide bonds. The number of morpholine rings is 1. The van der Waals surface area contributed by atoms with E-state index in [1.165, 1.54) is 16.0 Å². The Morgan fingerprint density at radius 3 is 2.96 bits per heavy atom. The van der Waals surface area contributed by atoms with Crippen molar-refractivity contribution in [3.05, 3.63) is 63.8 Å². The fourth-order valence-electron chi connectivity index (χ4n) is 3.53. The largest absolute Gasteiger partial charge is 0.404 e. The van der Waals surface area contributed by atoms with Crippen LogP contribution in [0.15, 0.2) is 54.0 Å². The highest BCUT2D eigenvalue weighted by Crippen LogP contribution is 2.34. The Balaban J connectivity index is 1.52. The molecule has 0 aliphatic carbocycles. The van der Waals surface area contributed by atoms with Gasteiger partial charge in [-0.1, -0.05) is 6.08 Å². The summed E-state index contributed by atoms with van der Waals surface area (Å²) in [6, 6.07) is 4.42. The second-order valence-electron chi connectivity index (χ2n) is 6.85. The zero-order valence-electron chi connectivity index (χ0n) is 15.4. The molecule has 1 saturated heterocycles. The number of allylic oxidation sites excluding steroid dienone is 3. The van der Waals surface area contributed by atoms with Crippen molar-refractivity contribution in [3.63, 3.8) is 0 Å². The molecule has 1 aromatic heterocycles. The molecule has 4 rings (SSSR count). The van der Waals surface area contributed by atoms with Crippen LogP contribution >= 0.6 is 11.3 Å². The van der Waals surface area contributed by atoms with Crippen molar-refractivity contribution >= 4 is 22.7 Å². The first kappa shape index (κ1) is 18.0. The van der Waals surface area contributed by atoms with Crippen LogP contribution < -0.4 is 11.1 Å². The molecule has 7 heteroatoms. The molecule has 0 spiro atoms. The van der Waals surface area contributed by atoms with Crippen LogP contribution in [0.1, 0.15) is 16.7 Å². The quantitative estimate of drug-likeness (QED) is 0.681. The van der Waals surface area contributed by atoms with Crippen molar-refractivity contribution in [1.29, 1.82) is 5.41 Å². The number of hydrogen-bond donors (Lipinski definition) is 3. The third-order valence-electron chi connectivity index (χ3n) is 4.98. The molecule has 3 aliphatic rings. The van der Waals surface area contributed by atoms with E-state index in [0.717, 1.165) is 49.7 Å². The minimum atomic E-state index is 0.110. The van der Waals surface area contributed by atoms with E-state index in [2.05, 4.69) is 45.7 Å². The van der Waals surface area contributed by atoms with Crippen molar-refractivity contribution in [2.45, 2.75) is 19.6 Å². The molecule has 4 heterocycles. The SMILES string of the molecule is CC(=N)/C(=C\N)C1=CN2C(c3ccc(CN4CCOCC4)s3)=CNC2C=C1. The first-order chi connectivity index (χ1) is 13.2. The third kappa shape index (κ3) is 3.71. The minimum absolute atomic E-state index is 0.110. The maximum Gasteiger partial charge on any atom is 0.122 e. The number of nitrogens with zero attached hydrogens (tertiary/aromatic N) is 2. The normalized spacial score (nSPS) is 22.9. The fourth-order valence-corrected chi connectivity index (χ4v) is 4.60. The maximum atomic E-state index is 7.93. The number of rotatable bonds is 5. The molecule has 1 atom stereocenters. The van der Waals surface area contributed by atoms with E-state index in [4.69, 9.17) is 15.9 Å². The van der Waals surface area contributed by atoms with Crippen molar-refractivity contribution in [2.75, 3.05) is 26.3 Å². The summed E-state index contributed by atoms with van der Waals surface area (Å²) in [4.78, 5) is 7.26. The van der Waals surface area contributed by atoms with E-state index >= 15 is 0 Å². The van der Waals surface area contributed by atoms with Gasteiger partial charge in [-0.05, 0) is 25.1 Å². The van der Waals surface area contributed by atoms with E-state index in [1.807, 2.05) is 17.4 Å². The molecule has 1 aromatic rings. The Morgan fingerprint density at radius 2 is 2.22 bits per heavy atom. The van der Waals surface area contributed by atoms with Crippen molar-refractivity contribution < 1.29 is 4.74 Å². The lowest BCUT2D eigenvalue weighted by Gasteiger charge is -2.28. The highest BCUT2D eigenvalue weighted by Gasteiger charge is 2.27. The van der Waals surface area contributed by atoms with Gasteiger partial charge in [-0.2, -0.15) is 0 Å². The number of fused-ring (bicyclic) bond motifs is 1. The number of hydrogen-bond acceptors (Lipinski definition) is 7. The van der Waals surface area contributed by atoms with Gasteiger partial charge in [-0.25, -0.2) is 0 Å². The van der Waals surface area contributed by atoms with Gasteiger partial charge in [0.1, 0.15) is 6.17 Å². The topological polar surface area (TPSA) is 77.6 Å². The highest BCUT2D eigenvalue weighted by atomic mass is 32.1. The van der Waals surface area contributed by atoms with E-state index in [-0.39, 0.29) is 6.17 Å². The Hall–Kier alpha value is -2.35. The van der Waals surface area contributed by atoms with Crippen LogP contribution in [0.5, 0.6) is 0 Å².